The summed E-state index contributed by atoms with van der Waals surface area (Å²) in [6.45, 7) is 0. The molecule has 3 aromatic rings. The van der Waals surface area contributed by atoms with Crippen molar-refractivity contribution in [2.75, 3.05) is 10.6 Å². The van der Waals surface area contributed by atoms with E-state index in [4.69, 9.17) is 17.0 Å². The van der Waals surface area contributed by atoms with Crippen molar-refractivity contribution in [3.05, 3.63) is 87.7 Å². The molecule has 0 spiro atoms. The van der Waals surface area contributed by atoms with Crippen LogP contribution in [-0.2, 0) is 0 Å². The zero-order valence-electron chi connectivity index (χ0n) is 13.9. The number of ether oxygens (including phenoxy) is 1. The van der Waals surface area contributed by atoms with Crippen molar-refractivity contribution in [2.45, 2.75) is 0 Å². The number of nitrogens with one attached hydrogen (secondary N) is 2. The summed E-state index contributed by atoms with van der Waals surface area (Å²) in [7, 11) is 0. The van der Waals surface area contributed by atoms with E-state index in [0.717, 1.165) is 9.26 Å². The third kappa shape index (κ3) is 5.73. The number of hydrogen-bond donors (Lipinski definition) is 2. The highest BCUT2D eigenvalue weighted by atomic mass is 127. The lowest BCUT2D eigenvalue weighted by Gasteiger charge is -2.10. The number of rotatable bonds is 4. The molecule has 3 aromatic carbocycles. The zero-order chi connectivity index (χ0) is 19.2. The van der Waals surface area contributed by atoms with Crippen LogP contribution in [0.4, 0.5) is 15.8 Å². The molecule has 0 radical (unpaired) electrons. The van der Waals surface area contributed by atoms with Gasteiger partial charge in [-0.25, -0.2) is 4.39 Å². The Morgan fingerprint density at radius 3 is 2.04 bits per heavy atom. The fourth-order valence-corrected chi connectivity index (χ4v) is 2.77. The van der Waals surface area contributed by atoms with E-state index < -0.39 is 0 Å². The van der Waals surface area contributed by atoms with Gasteiger partial charge in [0.1, 0.15) is 11.6 Å². The molecule has 2 N–H and O–H groups in total. The van der Waals surface area contributed by atoms with E-state index in [1.54, 1.807) is 24.3 Å². The van der Waals surface area contributed by atoms with E-state index in [1.165, 1.54) is 24.3 Å². The van der Waals surface area contributed by atoms with Crippen LogP contribution in [0.15, 0.2) is 72.8 Å². The second-order valence-corrected chi connectivity index (χ2v) is 7.12. The van der Waals surface area contributed by atoms with Crippen molar-refractivity contribution in [3.8, 4) is 5.75 Å². The lowest BCUT2D eigenvalue weighted by Crippen LogP contribution is -2.16. The van der Waals surface area contributed by atoms with Crippen LogP contribution in [0.2, 0.25) is 0 Å². The summed E-state index contributed by atoms with van der Waals surface area (Å²) in [5.41, 5.74) is 1.79. The Bertz CT molecular complexity index is 945. The summed E-state index contributed by atoms with van der Waals surface area (Å²) < 4.78 is 19.6. The van der Waals surface area contributed by atoms with E-state index in [1.807, 2.05) is 24.3 Å². The summed E-state index contributed by atoms with van der Waals surface area (Å²) in [6.07, 6.45) is 0. The van der Waals surface area contributed by atoms with Crippen LogP contribution in [0.1, 0.15) is 10.4 Å². The highest BCUT2D eigenvalue weighted by molar-refractivity contribution is 14.1. The van der Waals surface area contributed by atoms with Crippen LogP contribution in [0.25, 0.3) is 0 Å². The number of anilines is 2. The summed E-state index contributed by atoms with van der Waals surface area (Å²) in [5, 5.41) is 5.89. The Morgan fingerprint density at radius 2 is 1.41 bits per heavy atom. The molecule has 0 heterocycles. The summed E-state index contributed by atoms with van der Waals surface area (Å²) in [6, 6.07) is 19.9. The Balaban J connectivity index is 1.57. The maximum atomic E-state index is 12.9. The van der Waals surface area contributed by atoms with Gasteiger partial charge in [-0.3, -0.25) is 4.79 Å². The van der Waals surface area contributed by atoms with Crippen molar-refractivity contribution < 1.29 is 13.9 Å². The Hall–Kier alpha value is -2.52. The van der Waals surface area contributed by atoms with Crippen molar-refractivity contribution in [1.82, 2.24) is 0 Å². The Labute approximate surface area is 174 Å². The molecule has 0 aliphatic rings. The molecule has 0 aliphatic carbocycles. The van der Waals surface area contributed by atoms with Crippen molar-refractivity contribution in [3.63, 3.8) is 0 Å². The van der Waals surface area contributed by atoms with Gasteiger partial charge in [0, 0.05) is 20.5 Å². The fraction of sp³-hybridized carbons (Fsp3) is 0. The molecule has 1 amide bonds. The SMILES string of the molecule is O=C(Nc1ccc(F)cc1)c1ccc(OC(=S)Nc2ccc(I)cc2)cc1. The standard InChI is InChI=1S/C20H14FIN2O2S/c21-14-3-7-16(8-4-14)23-19(25)13-1-11-18(12-2-13)26-20(27)24-17-9-5-15(22)6-10-17/h1-12H,(H,23,25)(H,24,27). The monoisotopic (exact) mass is 492 g/mol. The molecule has 0 aliphatic heterocycles. The van der Waals surface area contributed by atoms with Crippen molar-refractivity contribution in [2.24, 2.45) is 0 Å². The highest BCUT2D eigenvalue weighted by Crippen LogP contribution is 2.16. The van der Waals surface area contributed by atoms with Gasteiger partial charge in [0.15, 0.2) is 0 Å². The molecule has 3 rings (SSSR count). The molecule has 0 unspecified atom stereocenters. The van der Waals surface area contributed by atoms with Crippen LogP contribution in [-0.4, -0.2) is 11.1 Å². The quantitative estimate of drug-likeness (QED) is 0.376. The van der Waals surface area contributed by atoms with Crippen LogP contribution in [0.5, 0.6) is 5.75 Å². The molecule has 136 valence electrons. The first-order valence-corrected chi connectivity index (χ1v) is 9.40. The summed E-state index contributed by atoms with van der Waals surface area (Å²) >= 11 is 7.41. The number of amides is 1. The Kier molecular flexibility index (Phi) is 6.36. The molecule has 0 aromatic heterocycles. The van der Waals surface area contributed by atoms with Gasteiger partial charge < -0.3 is 15.4 Å². The average Bonchev–Trinajstić information content (AvgIpc) is 2.66. The number of thiocarbonyl (C=S) groups is 1. The van der Waals surface area contributed by atoms with Crippen molar-refractivity contribution >= 4 is 57.3 Å². The van der Waals surface area contributed by atoms with Gasteiger partial charge in [-0.05, 0) is 108 Å². The third-order valence-corrected chi connectivity index (χ3v) is 4.42. The van der Waals surface area contributed by atoms with Gasteiger partial charge in [-0.15, -0.1) is 0 Å². The fourth-order valence-electron chi connectivity index (χ4n) is 2.19. The topological polar surface area (TPSA) is 50.4 Å². The van der Waals surface area contributed by atoms with Crippen LogP contribution in [0, 0.1) is 9.39 Å². The minimum atomic E-state index is -0.357. The van der Waals surface area contributed by atoms with E-state index in [2.05, 4.69) is 33.2 Å². The number of carbonyl (C=O) groups excluding carboxylic acids is 1. The maximum absolute atomic E-state index is 12.9. The molecule has 0 saturated heterocycles. The summed E-state index contributed by atoms with van der Waals surface area (Å²) in [5.74, 6) is -0.145. The molecular weight excluding hydrogens is 478 g/mol. The van der Waals surface area contributed by atoms with Gasteiger partial charge in [0.25, 0.3) is 11.1 Å². The van der Waals surface area contributed by atoms with Crippen LogP contribution in [0.3, 0.4) is 0 Å². The van der Waals surface area contributed by atoms with E-state index in [-0.39, 0.29) is 16.9 Å². The molecule has 0 bridgehead atoms. The lowest BCUT2D eigenvalue weighted by atomic mass is 10.2. The van der Waals surface area contributed by atoms with E-state index in [9.17, 15) is 9.18 Å². The lowest BCUT2D eigenvalue weighted by molar-refractivity contribution is 0.102. The first-order valence-electron chi connectivity index (χ1n) is 7.91. The van der Waals surface area contributed by atoms with Gasteiger partial charge in [0.2, 0.25) is 0 Å². The van der Waals surface area contributed by atoms with Gasteiger partial charge in [-0.2, -0.15) is 0 Å². The Morgan fingerprint density at radius 1 is 0.852 bits per heavy atom. The van der Waals surface area contributed by atoms with Crippen LogP contribution < -0.4 is 15.4 Å². The first-order chi connectivity index (χ1) is 13.0. The highest BCUT2D eigenvalue weighted by Gasteiger charge is 2.08. The van der Waals surface area contributed by atoms with Gasteiger partial charge in [-0.1, -0.05) is 0 Å². The second-order valence-electron chi connectivity index (χ2n) is 5.51. The summed E-state index contributed by atoms with van der Waals surface area (Å²) in [4.78, 5) is 12.2. The molecule has 7 heteroatoms. The first kappa shape index (κ1) is 19.2. The number of hydrogen-bond acceptors (Lipinski definition) is 3. The second kappa shape index (κ2) is 8.92. The molecule has 27 heavy (non-hydrogen) atoms. The largest absolute Gasteiger partial charge is 0.432 e. The minimum absolute atomic E-state index is 0.208. The maximum Gasteiger partial charge on any atom is 0.266 e. The van der Waals surface area contributed by atoms with Gasteiger partial charge >= 0.3 is 0 Å². The third-order valence-electron chi connectivity index (χ3n) is 3.52. The zero-order valence-corrected chi connectivity index (χ0v) is 16.9. The van der Waals surface area contributed by atoms with E-state index >= 15 is 0 Å². The van der Waals surface area contributed by atoms with E-state index in [0.29, 0.717) is 17.0 Å². The molecule has 0 atom stereocenters. The minimum Gasteiger partial charge on any atom is -0.432 e. The smallest absolute Gasteiger partial charge is 0.266 e. The number of carbonyl (C=O) groups is 1. The predicted octanol–water partition coefficient (Wildman–Crippen LogP) is 5.46. The predicted molar refractivity (Wildman–Crippen MR) is 117 cm³/mol. The number of halogens is 2. The molecule has 0 saturated carbocycles. The molecule has 4 nitrogen and oxygen atoms in total. The molecular formula is C20H14FIN2O2S. The van der Waals surface area contributed by atoms with Gasteiger partial charge in [0.05, 0.1) is 0 Å². The number of benzene rings is 3. The average molecular weight is 492 g/mol. The molecule has 0 fully saturated rings. The van der Waals surface area contributed by atoms with Crippen LogP contribution >= 0.6 is 34.8 Å². The normalized spacial score (nSPS) is 10.1. The van der Waals surface area contributed by atoms with Crippen molar-refractivity contribution in [1.29, 1.82) is 0 Å².